The van der Waals surface area contributed by atoms with Gasteiger partial charge in [-0.2, -0.15) is 0 Å². The zero-order chi connectivity index (χ0) is 12.5. The first kappa shape index (κ1) is 11.0. The summed E-state index contributed by atoms with van der Waals surface area (Å²) in [5.74, 6) is 0.234. The zero-order valence-electron chi connectivity index (χ0n) is 9.34. The topological polar surface area (TPSA) is 46.0 Å². The van der Waals surface area contributed by atoms with Crippen LogP contribution in [-0.2, 0) is 0 Å². The van der Waals surface area contributed by atoms with Crippen LogP contribution in [0.4, 0.5) is 0 Å². The summed E-state index contributed by atoms with van der Waals surface area (Å²) in [7, 11) is 0. The number of aromatic hydroxyl groups is 1. The minimum atomic E-state index is 0.234. The van der Waals surface area contributed by atoms with Gasteiger partial charge in [0, 0.05) is 17.1 Å². The number of nitrogens with zero attached hydrogens (tertiary/aromatic N) is 2. The Morgan fingerprint density at radius 2 is 1.83 bits per heavy atom. The normalized spacial score (nSPS) is 10.7. The summed E-state index contributed by atoms with van der Waals surface area (Å²) in [6.07, 6.45) is 3.32. The van der Waals surface area contributed by atoms with E-state index in [2.05, 4.69) is 9.97 Å². The third-order valence-electron chi connectivity index (χ3n) is 2.79. The van der Waals surface area contributed by atoms with Crippen molar-refractivity contribution in [1.82, 2.24) is 9.97 Å². The summed E-state index contributed by atoms with van der Waals surface area (Å²) < 4.78 is 0. The van der Waals surface area contributed by atoms with Crippen LogP contribution in [0.3, 0.4) is 0 Å². The highest BCUT2D eigenvalue weighted by Crippen LogP contribution is 2.33. The number of phenolic OH excluding ortho intramolecular Hbond substituents is 1. The van der Waals surface area contributed by atoms with Gasteiger partial charge in [-0.3, -0.25) is 4.98 Å². The molecule has 2 aromatic heterocycles. The third kappa shape index (κ3) is 1.79. The Balaban J connectivity index is 2.36. The Labute approximate surface area is 109 Å². The van der Waals surface area contributed by atoms with Crippen LogP contribution < -0.4 is 0 Å². The highest BCUT2D eigenvalue weighted by Gasteiger charge is 2.08. The lowest BCUT2D eigenvalue weighted by Crippen LogP contribution is -1.86. The molecule has 88 valence electrons. The van der Waals surface area contributed by atoms with Gasteiger partial charge in [0.2, 0.25) is 0 Å². The van der Waals surface area contributed by atoms with E-state index >= 15 is 0 Å². The molecule has 0 amide bonds. The van der Waals surface area contributed by atoms with Crippen LogP contribution in [0, 0.1) is 0 Å². The molecule has 0 aliphatic rings. The van der Waals surface area contributed by atoms with Crippen LogP contribution in [0.25, 0.3) is 22.0 Å². The number of phenols is 1. The van der Waals surface area contributed by atoms with Crippen LogP contribution in [0.1, 0.15) is 0 Å². The van der Waals surface area contributed by atoms with Crippen LogP contribution in [-0.4, -0.2) is 15.1 Å². The molecule has 0 aliphatic carbocycles. The summed E-state index contributed by atoms with van der Waals surface area (Å²) in [4.78, 5) is 8.24. The fourth-order valence-corrected chi connectivity index (χ4v) is 2.12. The number of hydrogen-bond donors (Lipinski definition) is 1. The number of benzene rings is 1. The van der Waals surface area contributed by atoms with E-state index < -0.39 is 0 Å². The van der Waals surface area contributed by atoms with E-state index in [-0.39, 0.29) is 5.75 Å². The SMILES string of the molecule is Oc1ccccc1-c1ccnc2cnc(Cl)cc12. The molecule has 1 aromatic carbocycles. The second-order valence-electron chi connectivity index (χ2n) is 3.90. The minimum absolute atomic E-state index is 0.234. The Kier molecular flexibility index (Phi) is 2.61. The lowest BCUT2D eigenvalue weighted by atomic mass is 10.0. The lowest BCUT2D eigenvalue weighted by molar-refractivity contribution is 0.477. The van der Waals surface area contributed by atoms with Gasteiger partial charge in [0.15, 0.2) is 0 Å². The van der Waals surface area contributed by atoms with Gasteiger partial charge in [-0.25, -0.2) is 4.98 Å². The monoisotopic (exact) mass is 256 g/mol. The Morgan fingerprint density at radius 3 is 2.67 bits per heavy atom. The highest BCUT2D eigenvalue weighted by molar-refractivity contribution is 6.30. The van der Waals surface area contributed by atoms with E-state index in [0.29, 0.717) is 5.15 Å². The van der Waals surface area contributed by atoms with Gasteiger partial charge in [0.25, 0.3) is 0 Å². The molecule has 2 heterocycles. The van der Waals surface area contributed by atoms with E-state index in [1.54, 1.807) is 30.6 Å². The molecule has 0 aliphatic heterocycles. The number of halogens is 1. The molecule has 0 atom stereocenters. The second kappa shape index (κ2) is 4.27. The maximum Gasteiger partial charge on any atom is 0.129 e. The third-order valence-corrected chi connectivity index (χ3v) is 3.00. The zero-order valence-corrected chi connectivity index (χ0v) is 10.1. The maximum atomic E-state index is 9.92. The highest BCUT2D eigenvalue weighted by atomic mass is 35.5. The molecule has 0 spiro atoms. The van der Waals surface area contributed by atoms with E-state index in [4.69, 9.17) is 11.6 Å². The van der Waals surface area contributed by atoms with Crippen molar-refractivity contribution >= 4 is 22.5 Å². The van der Waals surface area contributed by atoms with Gasteiger partial charge in [0.1, 0.15) is 10.9 Å². The smallest absolute Gasteiger partial charge is 0.129 e. The fourth-order valence-electron chi connectivity index (χ4n) is 1.96. The van der Waals surface area contributed by atoms with Crippen LogP contribution in [0.15, 0.2) is 48.8 Å². The number of pyridine rings is 2. The van der Waals surface area contributed by atoms with Gasteiger partial charge in [-0.05, 0) is 23.8 Å². The Hall–Kier alpha value is -2.13. The molecule has 0 saturated carbocycles. The van der Waals surface area contributed by atoms with Gasteiger partial charge >= 0.3 is 0 Å². The van der Waals surface area contributed by atoms with Crippen molar-refractivity contribution in [2.24, 2.45) is 0 Å². The van der Waals surface area contributed by atoms with Crippen molar-refractivity contribution < 1.29 is 5.11 Å². The van der Waals surface area contributed by atoms with E-state index in [9.17, 15) is 5.11 Å². The molecule has 0 saturated heterocycles. The molecule has 4 heteroatoms. The molecule has 0 bridgehead atoms. The first-order chi connectivity index (χ1) is 8.75. The van der Waals surface area contributed by atoms with Crippen LogP contribution in [0.2, 0.25) is 5.15 Å². The molecule has 0 radical (unpaired) electrons. The average molecular weight is 257 g/mol. The molecular formula is C14H9ClN2O. The van der Waals surface area contributed by atoms with Crippen molar-refractivity contribution in [2.45, 2.75) is 0 Å². The van der Waals surface area contributed by atoms with Crippen LogP contribution in [0.5, 0.6) is 5.75 Å². The summed E-state index contributed by atoms with van der Waals surface area (Å²) >= 11 is 5.92. The molecule has 0 unspecified atom stereocenters. The van der Waals surface area contributed by atoms with Crippen molar-refractivity contribution in [3.8, 4) is 16.9 Å². The first-order valence-corrected chi connectivity index (χ1v) is 5.82. The van der Waals surface area contributed by atoms with Gasteiger partial charge in [-0.15, -0.1) is 0 Å². The average Bonchev–Trinajstić information content (AvgIpc) is 2.39. The second-order valence-corrected chi connectivity index (χ2v) is 4.29. The molecular weight excluding hydrogens is 248 g/mol. The largest absolute Gasteiger partial charge is 0.507 e. The molecule has 3 rings (SSSR count). The summed E-state index contributed by atoms with van der Waals surface area (Å²) in [6, 6.07) is 10.8. The quantitative estimate of drug-likeness (QED) is 0.676. The predicted molar refractivity (Wildman–Crippen MR) is 71.6 cm³/mol. The molecule has 0 fully saturated rings. The van der Waals surface area contributed by atoms with Crippen molar-refractivity contribution in [3.05, 3.63) is 53.9 Å². The molecule has 3 nitrogen and oxygen atoms in total. The summed E-state index contributed by atoms with van der Waals surface area (Å²) in [6.45, 7) is 0. The van der Waals surface area contributed by atoms with E-state index in [1.807, 2.05) is 18.2 Å². The molecule has 1 N–H and O–H groups in total. The van der Waals surface area contributed by atoms with Gasteiger partial charge < -0.3 is 5.11 Å². The summed E-state index contributed by atoms with van der Waals surface area (Å²) in [5, 5.41) is 11.2. The number of aromatic nitrogens is 2. The Morgan fingerprint density at radius 1 is 1.00 bits per heavy atom. The van der Waals surface area contributed by atoms with Crippen LogP contribution >= 0.6 is 11.6 Å². The standard InChI is InChI=1S/C14H9ClN2O/c15-14-7-11-9(5-6-16-12(11)8-17-14)10-3-1-2-4-13(10)18/h1-8,18H. The van der Waals surface area contributed by atoms with E-state index in [1.165, 1.54) is 0 Å². The number of hydrogen-bond acceptors (Lipinski definition) is 3. The predicted octanol–water partition coefficient (Wildman–Crippen LogP) is 3.66. The molecule has 3 aromatic rings. The number of para-hydroxylation sites is 1. The Bertz CT molecular complexity index is 728. The van der Waals surface area contributed by atoms with Crippen molar-refractivity contribution in [3.63, 3.8) is 0 Å². The van der Waals surface area contributed by atoms with Gasteiger partial charge in [0.05, 0.1) is 11.7 Å². The maximum absolute atomic E-state index is 9.92. The van der Waals surface area contributed by atoms with Gasteiger partial charge in [-0.1, -0.05) is 29.8 Å². The minimum Gasteiger partial charge on any atom is -0.507 e. The number of rotatable bonds is 1. The first-order valence-electron chi connectivity index (χ1n) is 5.44. The summed E-state index contributed by atoms with van der Waals surface area (Å²) in [5.41, 5.74) is 2.40. The lowest BCUT2D eigenvalue weighted by Gasteiger charge is -2.07. The molecule has 18 heavy (non-hydrogen) atoms. The van der Waals surface area contributed by atoms with Crippen molar-refractivity contribution in [2.75, 3.05) is 0 Å². The fraction of sp³-hybridized carbons (Fsp3) is 0. The number of fused-ring (bicyclic) bond motifs is 1. The van der Waals surface area contributed by atoms with E-state index in [0.717, 1.165) is 22.0 Å². The van der Waals surface area contributed by atoms with Crippen molar-refractivity contribution in [1.29, 1.82) is 0 Å².